The van der Waals surface area contributed by atoms with Crippen LogP contribution in [0.1, 0.15) is 16.3 Å². The van der Waals surface area contributed by atoms with E-state index in [1.54, 1.807) is 18.3 Å². The zero-order valence-electron chi connectivity index (χ0n) is 10.4. The van der Waals surface area contributed by atoms with Crippen LogP contribution in [0.15, 0.2) is 18.3 Å². The summed E-state index contributed by atoms with van der Waals surface area (Å²) in [4.78, 5) is 26.4. The van der Waals surface area contributed by atoms with Crippen molar-refractivity contribution in [2.75, 3.05) is 14.2 Å². The lowest BCUT2D eigenvalue weighted by Crippen LogP contribution is -2.05. The van der Waals surface area contributed by atoms with Gasteiger partial charge in [0.05, 0.1) is 25.9 Å². The van der Waals surface area contributed by atoms with E-state index in [1.165, 1.54) is 18.6 Å². The van der Waals surface area contributed by atoms with Crippen LogP contribution in [0.2, 0.25) is 0 Å². The molecule has 1 N–H and O–H groups in total. The van der Waals surface area contributed by atoms with Crippen LogP contribution < -0.4 is 4.74 Å². The number of methoxy groups -OCH3 is 2. The molecular formula is C12H12N2O5. The second-order valence-electron chi connectivity index (χ2n) is 3.76. The van der Waals surface area contributed by atoms with Gasteiger partial charge in [-0.25, -0.2) is 9.78 Å². The minimum atomic E-state index is -1.04. The van der Waals surface area contributed by atoms with Crippen LogP contribution in [0.4, 0.5) is 0 Å². The van der Waals surface area contributed by atoms with Gasteiger partial charge in [0.15, 0.2) is 5.69 Å². The van der Waals surface area contributed by atoms with E-state index in [9.17, 15) is 9.59 Å². The first-order valence-electron chi connectivity index (χ1n) is 5.42. The zero-order chi connectivity index (χ0) is 14.0. The summed E-state index contributed by atoms with van der Waals surface area (Å²) in [7, 11) is 2.74. The predicted octanol–water partition coefficient (Wildman–Crippen LogP) is 0.757. The number of carboxylic acid groups (broad SMARTS) is 1. The van der Waals surface area contributed by atoms with E-state index >= 15 is 0 Å². The Morgan fingerprint density at radius 1 is 1.37 bits per heavy atom. The van der Waals surface area contributed by atoms with Crippen molar-refractivity contribution in [1.29, 1.82) is 0 Å². The summed E-state index contributed by atoms with van der Waals surface area (Å²) in [5.74, 6) is -0.875. The van der Waals surface area contributed by atoms with E-state index < -0.39 is 11.9 Å². The Morgan fingerprint density at radius 3 is 2.68 bits per heavy atom. The van der Waals surface area contributed by atoms with Crippen LogP contribution in [-0.2, 0) is 16.0 Å². The number of carbonyl (C=O) groups excluding carboxylic acids is 1. The molecule has 2 aromatic rings. The van der Waals surface area contributed by atoms with Gasteiger partial charge in [-0.1, -0.05) is 0 Å². The zero-order valence-corrected chi connectivity index (χ0v) is 10.4. The number of carbonyl (C=O) groups is 2. The van der Waals surface area contributed by atoms with Crippen LogP contribution >= 0.6 is 0 Å². The van der Waals surface area contributed by atoms with Crippen molar-refractivity contribution in [2.24, 2.45) is 0 Å². The summed E-state index contributed by atoms with van der Waals surface area (Å²) in [6.07, 6.45) is 1.28. The molecule has 0 atom stereocenters. The lowest BCUT2D eigenvalue weighted by molar-refractivity contribution is -0.136. The fourth-order valence-electron chi connectivity index (χ4n) is 1.76. The second-order valence-corrected chi connectivity index (χ2v) is 3.76. The maximum Gasteiger partial charge on any atom is 0.358 e. The summed E-state index contributed by atoms with van der Waals surface area (Å²) in [5.41, 5.74) is 0.560. The number of aliphatic carboxylic acids is 1. The Bertz CT molecular complexity index is 647. The highest BCUT2D eigenvalue weighted by atomic mass is 16.5. The molecule has 19 heavy (non-hydrogen) atoms. The number of fused-ring (bicyclic) bond motifs is 1. The van der Waals surface area contributed by atoms with Gasteiger partial charge in [-0.05, 0) is 12.1 Å². The maximum absolute atomic E-state index is 11.6. The number of esters is 1. The second kappa shape index (κ2) is 4.97. The molecule has 0 aromatic carbocycles. The minimum absolute atomic E-state index is 0.0846. The molecule has 0 saturated heterocycles. The van der Waals surface area contributed by atoms with Gasteiger partial charge in [-0.15, -0.1) is 0 Å². The Balaban J connectivity index is 2.65. The van der Waals surface area contributed by atoms with Crippen molar-refractivity contribution in [3.63, 3.8) is 0 Å². The molecule has 0 amide bonds. The molecule has 0 unspecified atom stereocenters. The average Bonchev–Trinajstić information content (AvgIpc) is 2.75. The van der Waals surface area contributed by atoms with E-state index in [0.29, 0.717) is 11.3 Å². The molecule has 0 aliphatic heterocycles. The summed E-state index contributed by atoms with van der Waals surface area (Å²) < 4.78 is 11.2. The number of hydrogen-bond acceptors (Lipinski definition) is 5. The van der Waals surface area contributed by atoms with E-state index in [2.05, 4.69) is 9.72 Å². The summed E-state index contributed by atoms with van der Waals surface area (Å²) in [6, 6.07) is 3.29. The SMILES string of the molecule is COC(=O)c1nc(CC(=O)O)n2cc(OC)ccc12. The average molecular weight is 264 g/mol. The standard InChI is InChI=1S/C12H12N2O5/c1-18-7-3-4-8-11(12(17)19-2)13-9(5-10(15)16)14(8)6-7/h3-4,6H,5H2,1-2H3,(H,15,16). The highest BCUT2D eigenvalue weighted by Crippen LogP contribution is 2.19. The minimum Gasteiger partial charge on any atom is -0.495 e. The van der Waals surface area contributed by atoms with E-state index in [0.717, 1.165) is 0 Å². The lowest BCUT2D eigenvalue weighted by atomic mass is 10.3. The molecule has 0 spiro atoms. The molecule has 7 nitrogen and oxygen atoms in total. The van der Waals surface area contributed by atoms with Crippen molar-refractivity contribution in [3.05, 3.63) is 29.8 Å². The fourth-order valence-corrected chi connectivity index (χ4v) is 1.76. The molecule has 0 aliphatic carbocycles. The first kappa shape index (κ1) is 12.9. The van der Waals surface area contributed by atoms with Gasteiger partial charge in [0.25, 0.3) is 0 Å². The van der Waals surface area contributed by atoms with Crippen molar-refractivity contribution >= 4 is 17.5 Å². The normalized spacial score (nSPS) is 10.4. The van der Waals surface area contributed by atoms with Gasteiger partial charge in [0.2, 0.25) is 0 Å². The lowest BCUT2D eigenvalue weighted by Gasteiger charge is -2.03. The van der Waals surface area contributed by atoms with Crippen molar-refractivity contribution < 1.29 is 24.2 Å². The number of rotatable bonds is 4. The Hall–Kier alpha value is -2.57. The Morgan fingerprint density at radius 2 is 2.11 bits per heavy atom. The number of imidazole rings is 1. The molecular weight excluding hydrogens is 252 g/mol. The first-order chi connectivity index (χ1) is 9.06. The van der Waals surface area contributed by atoms with Crippen molar-refractivity contribution in [3.8, 4) is 5.75 Å². The number of carboxylic acids is 1. The van der Waals surface area contributed by atoms with Gasteiger partial charge in [0.1, 0.15) is 18.0 Å². The molecule has 0 radical (unpaired) electrons. The van der Waals surface area contributed by atoms with Crippen LogP contribution in [0.5, 0.6) is 5.75 Å². The molecule has 100 valence electrons. The topological polar surface area (TPSA) is 90.1 Å². The summed E-state index contributed by atoms with van der Waals surface area (Å²) in [5, 5.41) is 8.86. The number of aromatic nitrogens is 2. The molecule has 0 aliphatic rings. The molecule has 0 fully saturated rings. The predicted molar refractivity (Wildman–Crippen MR) is 64.4 cm³/mol. The third-order valence-electron chi connectivity index (χ3n) is 2.61. The number of ether oxygens (including phenoxy) is 2. The smallest absolute Gasteiger partial charge is 0.358 e. The largest absolute Gasteiger partial charge is 0.495 e. The third-order valence-corrected chi connectivity index (χ3v) is 2.61. The van der Waals surface area contributed by atoms with Crippen LogP contribution in [-0.4, -0.2) is 40.6 Å². The van der Waals surface area contributed by atoms with Crippen LogP contribution in [0.25, 0.3) is 5.52 Å². The van der Waals surface area contributed by atoms with Gasteiger partial charge >= 0.3 is 11.9 Å². The van der Waals surface area contributed by atoms with Gasteiger partial charge in [-0.2, -0.15) is 0 Å². The molecule has 2 aromatic heterocycles. The van der Waals surface area contributed by atoms with Gasteiger partial charge < -0.3 is 14.6 Å². The highest BCUT2D eigenvalue weighted by molar-refractivity contribution is 5.95. The van der Waals surface area contributed by atoms with Crippen LogP contribution in [0, 0.1) is 0 Å². The molecule has 2 rings (SSSR count). The van der Waals surface area contributed by atoms with Gasteiger partial charge in [-0.3, -0.25) is 9.20 Å². The Kier molecular flexibility index (Phi) is 3.37. The van der Waals surface area contributed by atoms with E-state index in [4.69, 9.17) is 9.84 Å². The molecule has 0 saturated carbocycles. The molecule has 7 heteroatoms. The number of pyridine rings is 1. The highest BCUT2D eigenvalue weighted by Gasteiger charge is 2.19. The van der Waals surface area contributed by atoms with E-state index in [-0.39, 0.29) is 17.9 Å². The van der Waals surface area contributed by atoms with Gasteiger partial charge in [0, 0.05) is 0 Å². The quantitative estimate of drug-likeness (QED) is 0.820. The van der Waals surface area contributed by atoms with Crippen LogP contribution in [0.3, 0.4) is 0 Å². The maximum atomic E-state index is 11.6. The third kappa shape index (κ3) is 2.35. The van der Waals surface area contributed by atoms with Crippen molar-refractivity contribution in [1.82, 2.24) is 9.38 Å². The summed E-state index contributed by atoms with van der Waals surface area (Å²) >= 11 is 0. The monoisotopic (exact) mass is 264 g/mol. The first-order valence-corrected chi connectivity index (χ1v) is 5.42. The summed E-state index contributed by atoms with van der Waals surface area (Å²) in [6.45, 7) is 0. The number of hydrogen-bond donors (Lipinski definition) is 1. The molecule has 2 heterocycles. The van der Waals surface area contributed by atoms with Crippen molar-refractivity contribution in [2.45, 2.75) is 6.42 Å². The molecule has 0 bridgehead atoms. The fraction of sp³-hybridized carbons (Fsp3) is 0.250. The van der Waals surface area contributed by atoms with E-state index in [1.807, 2.05) is 0 Å². The number of nitrogens with zero attached hydrogens (tertiary/aromatic N) is 2. The Labute approximate surface area is 108 Å².